The van der Waals surface area contributed by atoms with Crippen molar-refractivity contribution in [3.8, 4) is 0 Å². The van der Waals surface area contributed by atoms with Gasteiger partial charge in [-0.3, -0.25) is 0 Å². The van der Waals surface area contributed by atoms with Gasteiger partial charge in [-0.25, -0.2) is 0 Å². The van der Waals surface area contributed by atoms with Crippen LogP contribution in [0.2, 0.25) is 0 Å². The zero-order valence-electron chi connectivity index (χ0n) is 9.76. The van der Waals surface area contributed by atoms with Crippen molar-refractivity contribution in [2.45, 2.75) is 14.6 Å². The second kappa shape index (κ2) is 7.28. The van der Waals surface area contributed by atoms with Gasteiger partial charge in [0.15, 0.2) is 4.77 Å². The Bertz CT molecular complexity index is 321. The molecule has 0 unspecified atom stereocenters. The van der Waals surface area contributed by atoms with Crippen molar-refractivity contribution in [2.24, 2.45) is 0 Å². The number of hydrogen-bond donors (Lipinski definition) is 0. The van der Waals surface area contributed by atoms with E-state index >= 15 is 0 Å². The Morgan fingerprint density at radius 3 is 2.29 bits per heavy atom. The summed E-state index contributed by atoms with van der Waals surface area (Å²) >= 11 is 3.53. The SMILES string of the molecule is COCCOCCOC1Sc2ccccc2S1. The molecule has 0 radical (unpaired) electrons. The maximum absolute atomic E-state index is 5.73. The second-order valence-electron chi connectivity index (χ2n) is 3.45. The fourth-order valence-electron chi connectivity index (χ4n) is 1.39. The average Bonchev–Trinajstić information content (AvgIpc) is 2.76. The maximum atomic E-state index is 5.73. The molecule has 1 aromatic rings. The monoisotopic (exact) mass is 272 g/mol. The second-order valence-corrected chi connectivity index (χ2v) is 5.95. The summed E-state index contributed by atoms with van der Waals surface area (Å²) in [6.07, 6.45) is 0. The standard InChI is InChI=1S/C12H16O3S2/c1-13-6-7-14-8-9-15-12-16-10-4-2-3-5-11(10)17-12/h2-5,12H,6-9H2,1H3. The molecule has 94 valence electrons. The van der Waals surface area contributed by atoms with E-state index in [2.05, 4.69) is 24.3 Å². The molecule has 1 aliphatic heterocycles. The van der Waals surface area contributed by atoms with Gasteiger partial charge in [0.1, 0.15) is 0 Å². The van der Waals surface area contributed by atoms with Crippen molar-refractivity contribution in [3.63, 3.8) is 0 Å². The van der Waals surface area contributed by atoms with Crippen LogP contribution < -0.4 is 0 Å². The van der Waals surface area contributed by atoms with Crippen molar-refractivity contribution in [1.82, 2.24) is 0 Å². The molecule has 2 rings (SSSR count). The van der Waals surface area contributed by atoms with Crippen molar-refractivity contribution in [1.29, 1.82) is 0 Å². The summed E-state index contributed by atoms with van der Waals surface area (Å²) in [6.45, 7) is 2.52. The molecule has 1 aliphatic rings. The lowest BCUT2D eigenvalue weighted by Crippen LogP contribution is -2.10. The molecule has 5 heteroatoms. The van der Waals surface area contributed by atoms with E-state index < -0.39 is 0 Å². The van der Waals surface area contributed by atoms with Gasteiger partial charge in [-0.15, -0.1) is 0 Å². The largest absolute Gasteiger partial charge is 0.382 e. The van der Waals surface area contributed by atoms with Crippen molar-refractivity contribution in [3.05, 3.63) is 24.3 Å². The molecule has 17 heavy (non-hydrogen) atoms. The Kier molecular flexibility index (Phi) is 5.67. The molecule has 0 aromatic heterocycles. The van der Waals surface area contributed by atoms with Crippen LogP contribution >= 0.6 is 23.5 Å². The van der Waals surface area contributed by atoms with E-state index in [1.165, 1.54) is 9.79 Å². The van der Waals surface area contributed by atoms with Gasteiger partial charge in [0.25, 0.3) is 0 Å². The van der Waals surface area contributed by atoms with Gasteiger partial charge in [0, 0.05) is 16.9 Å². The third-order valence-electron chi connectivity index (χ3n) is 2.21. The Hall–Kier alpha value is -0.200. The van der Waals surface area contributed by atoms with E-state index in [1.807, 2.05) is 0 Å². The van der Waals surface area contributed by atoms with Gasteiger partial charge < -0.3 is 14.2 Å². The maximum Gasteiger partial charge on any atom is 0.158 e. The van der Waals surface area contributed by atoms with E-state index in [1.54, 1.807) is 30.6 Å². The molecule has 0 amide bonds. The first kappa shape index (κ1) is 13.2. The molecular weight excluding hydrogens is 256 g/mol. The van der Waals surface area contributed by atoms with Crippen LogP contribution in [-0.2, 0) is 14.2 Å². The molecule has 0 N–H and O–H groups in total. The molecule has 3 nitrogen and oxygen atoms in total. The van der Waals surface area contributed by atoms with Gasteiger partial charge in [-0.2, -0.15) is 0 Å². The van der Waals surface area contributed by atoms with Gasteiger partial charge in [-0.1, -0.05) is 35.7 Å². The van der Waals surface area contributed by atoms with Gasteiger partial charge in [0.2, 0.25) is 0 Å². The van der Waals surface area contributed by atoms with Crippen molar-refractivity contribution >= 4 is 23.5 Å². The predicted molar refractivity (Wildman–Crippen MR) is 70.6 cm³/mol. The van der Waals surface area contributed by atoms with E-state index in [0.717, 1.165) is 0 Å². The number of benzene rings is 1. The van der Waals surface area contributed by atoms with Crippen LogP contribution in [0.5, 0.6) is 0 Å². The predicted octanol–water partition coefficient (Wildman–Crippen LogP) is 2.85. The zero-order chi connectivity index (χ0) is 11.9. The molecular formula is C12H16O3S2. The van der Waals surface area contributed by atoms with Crippen molar-refractivity contribution in [2.75, 3.05) is 33.5 Å². The Morgan fingerprint density at radius 1 is 1.00 bits per heavy atom. The fraction of sp³-hybridized carbons (Fsp3) is 0.500. The van der Waals surface area contributed by atoms with Crippen molar-refractivity contribution < 1.29 is 14.2 Å². The first-order chi connectivity index (χ1) is 8.40. The Labute approximate surface area is 110 Å². The highest BCUT2D eigenvalue weighted by Crippen LogP contribution is 2.47. The first-order valence-corrected chi connectivity index (χ1v) is 7.26. The molecule has 1 heterocycles. The Morgan fingerprint density at radius 2 is 1.65 bits per heavy atom. The fourth-order valence-corrected chi connectivity index (χ4v) is 3.92. The van der Waals surface area contributed by atoms with Crippen LogP contribution in [0.4, 0.5) is 0 Å². The minimum atomic E-state index is 0.165. The molecule has 0 saturated heterocycles. The van der Waals surface area contributed by atoms with Crippen LogP contribution in [0.15, 0.2) is 34.1 Å². The molecule has 0 atom stereocenters. The highest BCUT2D eigenvalue weighted by atomic mass is 32.2. The summed E-state index contributed by atoms with van der Waals surface area (Å²) < 4.78 is 16.1. The third-order valence-corrected chi connectivity index (χ3v) is 4.79. The van der Waals surface area contributed by atoms with Crippen LogP contribution in [0.3, 0.4) is 0 Å². The molecule has 0 saturated carbocycles. The normalized spacial score (nSPS) is 15.1. The van der Waals surface area contributed by atoms with E-state index in [4.69, 9.17) is 14.2 Å². The minimum Gasteiger partial charge on any atom is -0.382 e. The highest BCUT2D eigenvalue weighted by Gasteiger charge is 2.22. The average molecular weight is 272 g/mol. The lowest BCUT2D eigenvalue weighted by atomic mass is 10.4. The van der Waals surface area contributed by atoms with Gasteiger partial charge >= 0.3 is 0 Å². The van der Waals surface area contributed by atoms with E-state index in [0.29, 0.717) is 26.4 Å². The van der Waals surface area contributed by atoms with Crippen LogP contribution in [0, 0.1) is 0 Å². The summed E-state index contributed by atoms with van der Waals surface area (Å²) in [5.74, 6) is 0. The first-order valence-electron chi connectivity index (χ1n) is 5.51. The summed E-state index contributed by atoms with van der Waals surface area (Å²) in [4.78, 5) is 2.62. The summed E-state index contributed by atoms with van der Waals surface area (Å²) in [7, 11) is 1.67. The zero-order valence-corrected chi connectivity index (χ0v) is 11.4. The number of ether oxygens (including phenoxy) is 3. The Balaban J connectivity index is 1.60. The number of thioether (sulfide) groups is 2. The van der Waals surface area contributed by atoms with Crippen LogP contribution in [0.1, 0.15) is 0 Å². The van der Waals surface area contributed by atoms with E-state index in [9.17, 15) is 0 Å². The smallest absolute Gasteiger partial charge is 0.158 e. The summed E-state index contributed by atoms with van der Waals surface area (Å²) in [5, 5.41) is 0. The van der Waals surface area contributed by atoms with Gasteiger partial charge in [0.05, 0.1) is 26.4 Å². The molecule has 0 spiro atoms. The third kappa shape index (κ3) is 4.19. The van der Waals surface area contributed by atoms with Crippen LogP contribution in [-0.4, -0.2) is 38.3 Å². The van der Waals surface area contributed by atoms with Gasteiger partial charge in [-0.05, 0) is 12.1 Å². The number of fused-ring (bicyclic) bond motifs is 1. The minimum absolute atomic E-state index is 0.165. The lowest BCUT2D eigenvalue weighted by molar-refractivity contribution is 0.0315. The molecule has 0 aliphatic carbocycles. The lowest BCUT2D eigenvalue weighted by Gasteiger charge is -2.09. The number of hydrogen-bond acceptors (Lipinski definition) is 5. The number of methoxy groups -OCH3 is 1. The topological polar surface area (TPSA) is 27.7 Å². The number of rotatable bonds is 7. The molecule has 0 bridgehead atoms. The van der Waals surface area contributed by atoms with Crippen LogP contribution in [0.25, 0.3) is 0 Å². The highest BCUT2D eigenvalue weighted by molar-refractivity contribution is 8.19. The quantitative estimate of drug-likeness (QED) is 0.712. The summed E-state index contributed by atoms with van der Waals surface area (Å²) in [6, 6.07) is 8.38. The summed E-state index contributed by atoms with van der Waals surface area (Å²) in [5.41, 5.74) is 0. The molecule has 1 aromatic carbocycles. The van der Waals surface area contributed by atoms with E-state index in [-0.39, 0.29) is 4.77 Å². The molecule has 0 fully saturated rings.